The zero-order valence-electron chi connectivity index (χ0n) is 10.3. The Morgan fingerprint density at radius 1 is 1.00 bits per heavy atom. The lowest BCUT2D eigenvalue weighted by Gasteiger charge is -2.07. The molecule has 6 heteroatoms. The van der Waals surface area contributed by atoms with Crippen LogP contribution in [-0.2, 0) is 6.54 Å². The van der Waals surface area contributed by atoms with Crippen LogP contribution in [0.15, 0.2) is 42.7 Å². The summed E-state index contributed by atoms with van der Waals surface area (Å²) in [5.41, 5.74) is 1.57. The minimum Gasteiger partial charge on any atom is -0.366 e. The van der Waals surface area contributed by atoms with E-state index in [-0.39, 0.29) is 6.54 Å². The third-order valence-corrected chi connectivity index (χ3v) is 2.81. The van der Waals surface area contributed by atoms with Crippen LogP contribution in [0.5, 0.6) is 0 Å². The van der Waals surface area contributed by atoms with E-state index in [0.29, 0.717) is 22.5 Å². The minimum absolute atomic E-state index is 0.213. The third kappa shape index (κ3) is 2.54. The number of fused-ring (bicyclic) bond motifs is 1. The maximum absolute atomic E-state index is 13.5. The summed E-state index contributed by atoms with van der Waals surface area (Å²) in [6.07, 6.45) is 3.14. The van der Waals surface area contributed by atoms with E-state index >= 15 is 0 Å². The monoisotopic (exact) mass is 272 g/mol. The molecule has 0 amide bonds. The molecule has 0 aliphatic rings. The van der Waals surface area contributed by atoms with Crippen molar-refractivity contribution in [1.82, 2.24) is 15.0 Å². The first kappa shape index (κ1) is 12.4. The van der Waals surface area contributed by atoms with Crippen molar-refractivity contribution < 1.29 is 8.78 Å². The number of aromatic nitrogens is 3. The summed E-state index contributed by atoms with van der Waals surface area (Å²) in [6, 6.07) is 6.99. The van der Waals surface area contributed by atoms with Crippen LogP contribution in [0.1, 0.15) is 5.56 Å². The van der Waals surface area contributed by atoms with E-state index in [0.717, 1.165) is 6.07 Å². The topological polar surface area (TPSA) is 50.7 Å². The second kappa shape index (κ2) is 5.16. The van der Waals surface area contributed by atoms with Gasteiger partial charge in [0.1, 0.15) is 23.0 Å². The van der Waals surface area contributed by atoms with Gasteiger partial charge in [-0.05, 0) is 18.2 Å². The van der Waals surface area contributed by atoms with E-state index in [9.17, 15) is 8.78 Å². The smallest absolute Gasteiger partial charge is 0.180 e. The van der Waals surface area contributed by atoms with E-state index in [1.807, 2.05) is 0 Å². The number of nitrogens with zero attached hydrogens (tertiary/aromatic N) is 3. The Balaban J connectivity index is 1.79. The number of hydrogen-bond donors (Lipinski definition) is 1. The quantitative estimate of drug-likeness (QED) is 0.796. The average Bonchev–Trinajstić information content (AvgIpc) is 2.46. The number of anilines is 1. The molecule has 100 valence electrons. The van der Waals surface area contributed by atoms with Crippen LogP contribution in [0, 0.1) is 11.6 Å². The summed E-state index contributed by atoms with van der Waals surface area (Å²) >= 11 is 0. The fourth-order valence-corrected chi connectivity index (χ4v) is 1.80. The molecule has 4 nitrogen and oxygen atoms in total. The maximum atomic E-state index is 13.5. The Hall–Kier alpha value is -2.63. The lowest BCUT2D eigenvalue weighted by atomic mass is 10.2. The van der Waals surface area contributed by atoms with Crippen molar-refractivity contribution in [2.75, 3.05) is 5.32 Å². The standard InChI is InChI=1S/C14H10F2N4/c15-10-2-1-9(11(16)7-10)8-19-13-4-3-12-14(20-13)18-6-5-17-12/h1-7H,8H2,(H,18,19,20). The molecule has 3 rings (SSSR count). The van der Waals surface area contributed by atoms with Crippen molar-refractivity contribution in [3.8, 4) is 0 Å². The van der Waals surface area contributed by atoms with Crippen LogP contribution in [0.3, 0.4) is 0 Å². The number of halogens is 2. The molecule has 3 aromatic rings. The predicted octanol–water partition coefficient (Wildman–Crippen LogP) is 2.92. The van der Waals surface area contributed by atoms with E-state index < -0.39 is 11.6 Å². The van der Waals surface area contributed by atoms with Gasteiger partial charge in [0.05, 0.1) is 0 Å². The van der Waals surface area contributed by atoms with Gasteiger partial charge in [0, 0.05) is 30.6 Å². The summed E-state index contributed by atoms with van der Waals surface area (Å²) in [6.45, 7) is 0.213. The van der Waals surface area contributed by atoms with Crippen LogP contribution < -0.4 is 5.32 Å². The van der Waals surface area contributed by atoms with Crippen molar-refractivity contribution in [2.45, 2.75) is 6.54 Å². The van der Waals surface area contributed by atoms with Gasteiger partial charge in [0.15, 0.2) is 5.65 Å². The Kier molecular flexibility index (Phi) is 3.20. The lowest BCUT2D eigenvalue weighted by Crippen LogP contribution is -2.04. The molecule has 0 unspecified atom stereocenters. The molecule has 2 aromatic heterocycles. The van der Waals surface area contributed by atoms with E-state index in [2.05, 4.69) is 20.3 Å². The second-order valence-corrected chi connectivity index (χ2v) is 4.18. The Labute approximate surface area is 113 Å². The molecule has 0 aliphatic heterocycles. The highest BCUT2D eigenvalue weighted by Crippen LogP contribution is 2.14. The predicted molar refractivity (Wildman–Crippen MR) is 71.0 cm³/mol. The molecule has 0 radical (unpaired) electrons. The van der Waals surface area contributed by atoms with E-state index in [4.69, 9.17) is 0 Å². The first-order valence-electron chi connectivity index (χ1n) is 5.98. The zero-order chi connectivity index (χ0) is 13.9. The third-order valence-electron chi connectivity index (χ3n) is 2.81. The summed E-state index contributed by atoms with van der Waals surface area (Å²) in [4.78, 5) is 12.5. The van der Waals surface area contributed by atoms with Gasteiger partial charge >= 0.3 is 0 Å². The normalized spacial score (nSPS) is 10.7. The van der Waals surface area contributed by atoms with Gasteiger partial charge in [0.25, 0.3) is 0 Å². The van der Waals surface area contributed by atoms with Crippen molar-refractivity contribution in [2.24, 2.45) is 0 Å². The first-order chi connectivity index (χ1) is 9.72. The molecule has 0 saturated heterocycles. The summed E-state index contributed by atoms with van der Waals surface area (Å²) in [7, 11) is 0. The number of nitrogens with one attached hydrogen (secondary N) is 1. The number of pyridine rings is 1. The molecular weight excluding hydrogens is 262 g/mol. The Morgan fingerprint density at radius 3 is 2.70 bits per heavy atom. The number of hydrogen-bond acceptors (Lipinski definition) is 4. The first-order valence-corrected chi connectivity index (χ1v) is 5.98. The van der Waals surface area contributed by atoms with Gasteiger partial charge in [0.2, 0.25) is 0 Å². The van der Waals surface area contributed by atoms with Crippen LogP contribution >= 0.6 is 0 Å². The average molecular weight is 272 g/mol. The van der Waals surface area contributed by atoms with Crippen LogP contribution in [0.2, 0.25) is 0 Å². The molecule has 2 heterocycles. The van der Waals surface area contributed by atoms with Gasteiger partial charge in [-0.15, -0.1) is 0 Å². The number of benzene rings is 1. The molecule has 1 aromatic carbocycles. The Bertz CT molecular complexity index is 761. The van der Waals surface area contributed by atoms with Crippen LogP contribution in [-0.4, -0.2) is 15.0 Å². The highest BCUT2D eigenvalue weighted by Gasteiger charge is 2.04. The summed E-state index contributed by atoms with van der Waals surface area (Å²) in [5.74, 6) is -0.620. The van der Waals surface area contributed by atoms with E-state index in [1.165, 1.54) is 12.1 Å². The molecular formula is C14H10F2N4. The van der Waals surface area contributed by atoms with Crippen molar-refractivity contribution >= 4 is 17.0 Å². The summed E-state index contributed by atoms with van der Waals surface area (Å²) in [5, 5.41) is 2.97. The Morgan fingerprint density at radius 2 is 1.85 bits per heavy atom. The molecule has 0 fully saturated rings. The zero-order valence-corrected chi connectivity index (χ0v) is 10.3. The second-order valence-electron chi connectivity index (χ2n) is 4.18. The fourth-order valence-electron chi connectivity index (χ4n) is 1.80. The van der Waals surface area contributed by atoms with Gasteiger partial charge in [-0.3, -0.25) is 4.98 Å². The van der Waals surface area contributed by atoms with Crippen LogP contribution in [0.4, 0.5) is 14.6 Å². The van der Waals surface area contributed by atoms with Gasteiger partial charge < -0.3 is 5.32 Å². The molecule has 0 bridgehead atoms. The maximum Gasteiger partial charge on any atom is 0.180 e. The van der Waals surface area contributed by atoms with Crippen molar-refractivity contribution in [1.29, 1.82) is 0 Å². The van der Waals surface area contributed by atoms with Crippen molar-refractivity contribution in [3.63, 3.8) is 0 Å². The fraction of sp³-hybridized carbons (Fsp3) is 0.0714. The molecule has 20 heavy (non-hydrogen) atoms. The number of rotatable bonds is 3. The summed E-state index contributed by atoms with van der Waals surface area (Å²) < 4.78 is 26.3. The SMILES string of the molecule is Fc1ccc(CNc2ccc3nccnc3n2)c(F)c1. The van der Waals surface area contributed by atoms with Gasteiger partial charge in [-0.1, -0.05) is 6.07 Å². The molecule has 0 saturated carbocycles. The molecule has 0 atom stereocenters. The highest BCUT2D eigenvalue weighted by atomic mass is 19.1. The van der Waals surface area contributed by atoms with Gasteiger partial charge in [-0.2, -0.15) is 0 Å². The van der Waals surface area contributed by atoms with Crippen LogP contribution in [0.25, 0.3) is 11.2 Å². The largest absolute Gasteiger partial charge is 0.366 e. The molecule has 0 spiro atoms. The molecule has 1 N–H and O–H groups in total. The lowest BCUT2D eigenvalue weighted by molar-refractivity contribution is 0.574. The molecule has 0 aliphatic carbocycles. The van der Waals surface area contributed by atoms with Crippen molar-refractivity contribution in [3.05, 3.63) is 59.9 Å². The van der Waals surface area contributed by atoms with Gasteiger partial charge in [-0.25, -0.2) is 18.7 Å². The van der Waals surface area contributed by atoms with E-state index in [1.54, 1.807) is 24.5 Å². The highest BCUT2D eigenvalue weighted by molar-refractivity contribution is 5.71. The minimum atomic E-state index is -0.592.